The highest BCUT2D eigenvalue weighted by Crippen LogP contribution is 2.17. The van der Waals surface area contributed by atoms with Gasteiger partial charge in [0.15, 0.2) is 0 Å². The first kappa shape index (κ1) is 7.32. The lowest BCUT2D eigenvalue weighted by Gasteiger charge is -2.24. The number of imidazole rings is 1. The Hall–Kier alpha value is -0.790. The summed E-state index contributed by atoms with van der Waals surface area (Å²) in [6.07, 6.45) is 4.49. The van der Waals surface area contributed by atoms with E-state index in [1.165, 1.54) is 0 Å². The second-order valence-corrected chi connectivity index (χ2v) is 3.42. The maximum Gasteiger partial charge on any atom is 0.0921 e. The van der Waals surface area contributed by atoms with Gasteiger partial charge in [-0.2, -0.15) is 5.41 Å². The lowest BCUT2D eigenvalue weighted by molar-refractivity contribution is 0.467. The molecule has 10 heavy (non-hydrogen) atoms. The first-order valence-electron chi connectivity index (χ1n) is 3.40. The number of H-pyrrole nitrogens is 1. The fraction of sp³-hybridized carbons (Fsp3) is 0.500. The molecule has 0 aliphatic rings. The molecule has 0 aromatic carbocycles. The van der Waals surface area contributed by atoms with Crippen molar-refractivity contribution in [2.24, 2.45) is 5.41 Å². The van der Waals surface area contributed by atoms with E-state index in [1.807, 2.05) is 6.20 Å². The monoisotopic (exact) mass is 137 g/mol. The summed E-state index contributed by atoms with van der Waals surface area (Å²) < 4.78 is 0. The minimum atomic E-state index is 0.104. The predicted molar refractivity (Wildman–Crippen MR) is 41.4 cm³/mol. The summed E-state index contributed by atoms with van der Waals surface area (Å²) in [4.78, 5) is 6.97. The number of nitrogens with zero attached hydrogens (tertiary/aromatic N) is 1. The van der Waals surface area contributed by atoms with E-state index in [1.54, 1.807) is 6.33 Å². The average Bonchev–Trinajstić information content (AvgIpc) is 2.12. The Morgan fingerprint density at radius 1 is 1.70 bits per heavy atom. The van der Waals surface area contributed by atoms with Gasteiger partial charge in [-0.15, -0.1) is 0 Å². The molecule has 0 amide bonds. The van der Waals surface area contributed by atoms with Crippen molar-refractivity contribution in [3.8, 4) is 0 Å². The molecule has 1 aromatic rings. The predicted octanol–water partition coefficient (Wildman–Crippen LogP) is 1.81. The van der Waals surface area contributed by atoms with E-state index >= 15 is 0 Å². The number of hydrogen-bond acceptors (Lipinski definition) is 1. The molecule has 0 spiro atoms. The Kier molecular flexibility index (Phi) is 1.79. The quantitative estimate of drug-likeness (QED) is 0.619. The van der Waals surface area contributed by atoms with Gasteiger partial charge in [0, 0.05) is 11.9 Å². The highest BCUT2D eigenvalue weighted by atomic mass is 14.9. The summed E-state index contributed by atoms with van der Waals surface area (Å²) in [6, 6.07) is 0. The Morgan fingerprint density at radius 2 is 2.40 bits per heavy atom. The fourth-order valence-corrected chi connectivity index (χ4v) is 0.897. The Bertz CT molecular complexity index is 182. The van der Waals surface area contributed by atoms with Crippen LogP contribution in [-0.2, 0) is 6.42 Å². The molecule has 1 aromatic heterocycles. The lowest BCUT2D eigenvalue weighted by Crippen LogP contribution is -2.09. The van der Waals surface area contributed by atoms with Crippen molar-refractivity contribution in [3.05, 3.63) is 25.1 Å². The first-order valence-corrected chi connectivity index (χ1v) is 3.40. The van der Waals surface area contributed by atoms with Crippen LogP contribution in [0.5, 0.6) is 0 Å². The molecule has 0 aliphatic heterocycles. The molecule has 0 fully saturated rings. The minimum absolute atomic E-state index is 0.104. The molecule has 56 valence electrons. The van der Waals surface area contributed by atoms with Crippen LogP contribution in [0.25, 0.3) is 0 Å². The third-order valence-corrected chi connectivity index (χ3v) is 1.22. The summed E-state index contributed by atoms with van der Waals surface area (Å²) >= 11 is 0. The number of rotatable bonds is 2. The number of aromatic nitrogens is 2. The van der Waals surface area contributed by atoms with Crippen molar-refractivity contribution in [1.82, 2.24) is 9.97 Å². The van der Waals surface area contributed by atoms with E-state index < -0.39 is 0 Å². The van der Waals surface area contributed by atoms with E-state index in [0.29, 0.717) is 0 Å². The van der Waals surface area contributed by atoms with E-state index in [-0.39, 0.29) is 5.41 Å². The second kappa shape index (κ2) is 2.45. The molecule has 0 atom stereocenters. The molecule has 0 radical (unpaired) electrons. The van der Waals surface area contributed by atoms with Crippen molar-refractivity contribution in [3.63, 3.8) is 0 Å². The van der Waals surface area contributed by atoms with Crippen molar-refractivity contribution >= 4 is 0 Å². The van der Waals surface area contributed by atoms with Crippen LogP contribution < -0.4 is 0 Å². The van der Waals surface area contributed by atoms with Gasteiger partial charge >= 0.3 is 0 Å². The molecular weight excluding hydrogens is 124 g/mol. The van der Waals surface area contributed by atoms with Crippen LogP contribution >= 0.6 is 0 Å². The molecule has 2 nitrogen and oxygen atoms in total. The zero-order valence-electron chi connectivity index (χ0n) is 6.52. The lowest BCUT2D eigenvalue weighted by atomic mass is 9.91. The van der Waals surface area contributed by atoms with Gasteiger partial charge < -0.3 is 11.9 Å². The summed E-state index contributed by atoms with van der Waals surface area (Å²) in [5.74, 6) is 0. The highest BCUT2D eigenvalue weighted by molar-refractivity contribution is 4.98. The largest absolute Gasteiger partial charge is 0.349 e. The smallest absolute Gasteiger partial charge is 0.0921 e. The zero-order chi connectivity index (χ0) is 7.61. The molecule has 0 aliphatic carbocycles. The van der Waals surface area contributed by atoms with Gasteiger partial charge in [0.2, 0.25) is 0 Å². The maximum atomic E-state index is 4.00. The minimum Gasteiger partial charge on any atom is -0.349 e. The van der Waals surface area contributed by atoms with Crippen LogP contribution in [0.2, 0.25) is 0 Å². The van der Waals surface area contributed by atoms with Gasteiger partial charge in [0.05, 0.1) is 6.33 Å². The maximum absolute atomic E-state index is 4.00. The number of hydrogen-bond donors (Lipinski definition) is 1. The normalized spacial score (nSPS) is 11.9. The third-order valence-electron chi connectivity index (χ3n) is 1.22. The summed E-state index contributed by atoms with van der Waals surface area (Å²) in [5.41, 5.74) is 1.26. The highest BCUT2D eigenvalue weighted by Gasteiger charge is 2.03. The molecule has 0 saturated carbocycles. The topological polar surface area (TPSA) is 28.7 Å². The van der Waals surface area contributed by atoms with Crippen molar-refractivity contribution in [1.29, 1.82) is 0 Å². The number of nitrogens with one attached hydrogen (secondary N) is 1. The van der Waals surface area contributed by atoms with E-state index in [2.05, 4.69) is 30.7 Å². The molecule has 0 unspecified atom stereocenters. The van der Waals surface area contributed by atoms with Crippen LogP contribution in [-0.4, -0.2) is 9.97 Å². The summed E-state index contributed by atoms with van der Waals surface area (Å²) in [5, 5.41) is 0. The SMILES string of the molecule is [CH2-]C(C)(C)Cc1cnc[nH]1. The molecule has 1 rings (SSSR count). The van der Waals surface area contributed by atoms with Crippen LogP contribution in [0.3, 0.4) is 0 Å². The summed E-state index contributed by atoms with van der Waals surface area (Å²) in [6.45, 7) is 8.21. The molecule has 2 heteroatoms. The van der Waals surface area contributed by atoms with E-state index in [0.717, 1.165) is 12.1 Å². The Labute approximate surface area is 61.7 Å². The zero-order valence-corrected chi connectivity index (χ0v) is 6.52. The van der Waals surface area contributed by atoms with Crippen LogP contribution in [0.15, 0.2) is 12.5 Å². The van der Waals surface area contributed by atoms with Crippen molar-refractivity contribution in [2.45, 2.75) is 20.3 Å². The Balaban J connectivity index is 2.57. The first-order chi connectivity index (χ1) is 4.58. The van der Waals surface area contributed by atoms with Crippen LogP contribution in [0.4, 0.5) is 0 Å². The Morgan fingerprint density at radius 3 is 2.80 bits per heavy atom. The van der Waals surface area contributed by atoms with Gasteiger partial charge in [-0.1, -0.05) is 13.8 Å². The van der Waals surface area contributed by atoms with Crippen molar-refractivity contribution < 1.29 is 0 Å². The molecule has 0 bridgehead atoms. The molecule has 1 heterocycles. The van der Waals surface area contributed by atoms with Crippen LogP contribution in [0, 0.1) is 12.3 Å². The van der Waals surface area contributed by atoms with Gasteiger partial charge in [0.25, 0.3) is 0 Å². The molecular formula is C8H13N2-. The van der Waals surface area contributed by atoms with Crippen molar-refractivity contribution in [2.75, 3.05) is 0 Å². The van der Waals surface area contributed by atoms with Gasteiger partial charge in [0.1, 0.15) is 0 Å². The average molecular weight is 137 g/mol. The standard InChI is InChI=1S/C8H13N2/c1-8(2,3)4-7-5-9-6-10-7/h5-6H,1,4H2,2-3H3,(H,9,10)/q-1. The van der Waals surface area contributed by atoms with Gasteiger partial charge in [-0.05, 0) is 6.42 Å². The van der Waals surface area contributed by atoms with Crippen LogP contribution in [0.1, 0.15) is 19.5 Å². The second-order valence-electron chi connectivity index (χ2n) is 3.42. The van der Waals surface area contributed by atoms with E-state index in [4.69, 9.17) is 0 Å². The van der Waals surface area contributed by atoms with Gasteiger partial charge in [-0.25, -0.2) is 4.98 Å². The number of aromatic amines is 1. The summed E-state index contributed by atoms with van der Waals surface area (Å²) in [7, 11) is 0. The molecule has 0 saturated heterocycles. The fourth-order valence-electron chi connectivity index (χ4n) is 0.897. The molecule has 1 N–H and O–H groups in total. The third kappa shape index (κ3) is 2.21. The van der Waals surface area contributed by atoms with Gasteiger partial charge in [-0.3, -0.25) is 0 Å². The van der Waals surface area contributed by atoms with E-state index in [9.17, 15) is 0 Å².